The SMILES string of the molecule is COc1cc(S(=O)(=O)N2C[C@H](CNC(=O)C3CCC(C(=O)O)CC3)Oc3ccc(/C=C(\C)c4c(F)cccc4Cl)cc32)ccc1F. The number of carboxylic acids is 1. The lowest BCUT2D eigenvalue weighted by Crippen LogP contribution is -2.49. The van der Waals surface area contributed by atoms with E-state index in [1.807, 2.05) is 0 Å². The largest absolute Gasteiger partial charge is 0.494 e. The van der Waals surface area contributed by atoms with Crippen LogP contribution in [0, 0.1) is 23.5 Å². The smallest absolute Gasteiger partial charge is 0.306 e. The minimum Gasteiger partial charge on any atom is -0.494 e. The number of nitrogens with one attached hydrogen (secondary N) is 1. The molecule has 1 atom stereocenters. The highest BCUT2D eigenvalue weighted by Gasteiger charge is 2.36. The van der Waals surface area contributed by atoms with Crippen molar-refractivity contribution in [2.24, 2.45) is 11.8 Å². The van der Waals surface area contributed by atoms with Crippen LogP contribution in [0.5, 0.6) is 11.5 Å². The molecule has 0 saturated heterocycles. The molecule has 1 heterocycles. The lowest BCUT2D eigenvalue weighted by atomic mass is 9.81. The Morgan fingerprint density at radius 3 is 2.46 bits per heavy atom. The fourth-order valence-electron chi connectivity index (χ4n) is 5.84. The van der Waals surface area contributed by atoms with Gasteiger partial charge in [-0.2, -0.15) is 0 Å². The van der Waals surface area contributed by atoms with E-state index in [0.29, 0.717) is 36.8 Å². The van der Waals surface area contributed by atoms with Crippen molar-refractivity contribution >= 4 is 50.8 Å². The lowest BCUT2D eigenvalue weighted by molar-refractivity contribution is -0.144. The van der Waals surface area contributed by atoms with Crippen LogP contribution in [-0.2, 0) is 19.6 Å². The number of rotatable bonds is 9. The molecule has 2 N–H and O–H groups in total. The predicted molar refractivity (Wildman–Crippen MR) is 169 cm³/mol. The summed E-state index contributed by atoms with van der Waals surface area (Å²) in [6.07, 6.45) is 2.59. The number of ether oxygens (including phenoxy) is 2. The van der Waals surface area contributed by atoms with Crippen LogP contribution in [0.25, 0.3) is 11.6 Å². The van der Waals surface area contributed by atoms with Crippen molar-refractivity contribution in [3.05, 3.63) is 82.4 Å². The number of halogens is 3. The van der Waals surface area contributed by atoms with Gasteiger partial charge in [0.05, 0.1) is 41.7 Å². The van der Waals surface area contributed by atoms with Gasteiger partial charge in [0.15, 0.2) is 11.6 Å². The normalized spacial score (nSPS) is 20.0. The molecule has 1 fully saturated rings. The molecule has 13 heteroatoms. The van der Waals surface area contributed by atoms with Crippen LogP contribution in [0.3, 0.4) is 0 Å². The van der Waals surface area contributed by atoms with Crippen molar-refractivity contribution in [1.29, 1.82) is 0 Å². The third-order valence-corrected chi connectivity index (χ3v) is 10.4. The number of amides is 1. The van der Waals surface area contributed by atoms with E-state index in [9.17, 15) is 31.9 Å². The van der Waals surface area contributed by atoms with Crippen LogP contribution in [0.2, 0.25) is 5.02 Å². The zero-order valence-corrected chi connectivity index (χ0v) is 26.7. The van der Waals surface area contributed by atoms with Gasteiger partial charge in [0.1, 0.15) is 17.7 Å². The maximum Gasteiger partial charge on any atom is 0.306 e. The van der Waals surface area contributed by atoms with Crippen LogP contribution >= 0.6 is 11.6 Å². The number of aliphatic carboxylic acids is 1. The molecule has 0 bridgehead atoms. The van der Waals surface area contributed by atoms with E-state index in [4.69, 9.17) is 21.1 Å². The van der Waals surface area contributed by atoms with E-state index in [2.05, 4.69) is 5.32 Å². The Morgan fingerprint density at radius 2 is 1.78 bits per heavy atom. The number of carbonyl (C=O) groups excluding carboxylic acids is 1. The average Bonchev–Trinajstić information content (AvgIpc) is 3.03. The summed E-state index contributed by atoms with van der Waals surface area (Å²) in [5.41, 5.74) is 1.46. The van der Waals surface area contributed by atoms with E-state index >= 15 is 0 Å². The minimum atomic E-state index is -4.31. The number of allylic oxidation sites excluding steroid dienone is 1. The highest BCUT2D eigenvalue weighted by atomic mass is 35.5. The second-order valence-electron chi connectivity index (χ2n) is 11.4. The summed E-state index contributed by atoms with van der Waals surface area (Å²) in [4.78, 5) is 24.0. The first kappa shape index (κ1) is 33.2. The summed E-state index contributed by atoms with van der Waals surface area (Å²) in [7, 11) is -3.07. The molecule has 1 aliphatic carbocycles. The molecule has 1 aliphatic heterocycles. The summed E-state index contributed by atoms with van der Waals surface area (Å²) in [6.45, 7) is 1.49. The number of carboxylic acid groups (broad SMARTS) is 1. The molecule has 2 aliphatic rings. The Balaban J connectivity index is 1.44. The number of carbonyl (C=O) groups is 2. The summed E-state index contributed by atoms with van der Waals surface area (Å²) < 4.78 is 69.2. The predicted octanol–water partition coefficient (Wildman–Crippen LogP) is 6.15. The van der Waals surface area contributed by atoms with Gasteiger partial charge in [0.25, 0.3) is 10.0 Å². The molecule has 0 radical (unpaired) electrons. The molecular weight excluding hydrogens is 642 g/mol. The molecule has 3 aromatic rings. The van der Waals surface area contributed by atoms with Crippen molar-refractivity contribution in [2.45, 2.75) is 43.6 Å². The van der Waals surface area contributed by atoms with Gasteiger partial charge >= 0.3 is 5.97 Å². The number of nitrogens with zero attached hydrogens (tertiary/aromatic N) is 1. The van der Waals surface area contributed by atoms with Crippen LogP contribution in [0.4, 0.5) is 14.5 Å². The van der Waals surface area contributed by atoms with Crippen LogP contribution in [0.15, 0.2) is 59.5 Å². The molecule has 0 spiro atoms. The quantitative estimate of drug-likeness (QED) is 0.261. The summed E-state index contributed by atoms with van der Waals surface area (Å²) in [5.74, 6) is -3.17. The topological polar surface area (TPSA) is 122 Å². The monoisotopic (exact) mass is 674 g/mol. The fourth-order valence-corrected chi connectivity index (χ4v) is 7.67. The maximum absolute atomic E-state index is 14.6. The van der Waals surface area contributed by atoms with Crippen molar-refractivity contribution < 1.29 is 41.4 Å². The van der Waals surface area contributed by atoms with E-state index in [-0.39, 0.29) is 57.6 Å². The van der Waals surface area contributed by atoms with Gasteiger partial charge in [-0.05, 0) is 80.1 Å². The zero-order valence-electron chi connectivity index (χ0n) is 25.1. The van der Waals surface area contributed by atoms with E-state index in [0.717, 1.165) is 22.5 Å². The zero-order chi connectivity index (χ0) is 33.2. The van der Waals surface area contributed by atoms with Gasteiger partial charge in [-0.3, -0.25) is 13.9 Å². The van der Waals surface area contributed by atoms with Crippen molar-refractivity contribution in [2.75, 3.05) is 24.5 Å². The molecule has 1 amide bonds. The Kier molecular flexibility index (Phi) is 9.88. The minimum absolute atomic E-state index is 0.0115. The Bertz CT molecular complexity index is 1770. The Hall–Kier alpha value is -4.16. The van der Waals surface area contributed by atoms with E-state index < -0.39 is 39.6 Å². The van der Waals surface area contributed by atoms with Gasteiger partial charge < -0.3 is 19.9 Å². The Labute approximate surface area is 270 Å². The van der Waals surface area contributed by atoms with Crippen LogP contribution < -0.4 is 19.1 Å². The average molecular weight is 675 g/mol. The molecule has 9 nitrogen and oxygen atoms in total. The molecule has 5 rings (SSSR count). The van der Waals surface area contributed by atoms with Gasteiger partial charge in [0.2, 0.25) is 5.91 Å². The van der Waals surface area contributed by atoms with Crippen LogP contribution in [-0.4, -0.2) is 51.7 Å². The van der Waals surface area contributed by atoms with Crippen LogP contribution in [0.1, 0.15) is 43.7 Å². The molecule has 3 aromatic carbocycles. The van der Waals surface area contributed by atoms with Gasteiger partial charge in [0, 0.05) is 17.5 Å². The highest BCUT2D eigenvalue weighted by molar-refractivity contribution is 7.92. The number of benzene rings is 3. The summed E-state index contributed by atoms with van der Waals surface area (Å²) in [5, 5.41) is 12.3. The number of hydrogen-bond donors (Lipinski definition) is 2. The number of anilines is 1. The summed E-state index contributed by atoms with van der Waals surface area (Å²) in [6, 6.07) is 12.5. The number of sulfonamides is 1. The Morgan fingerprint density at radius 1 is 1.07 bits per heavy atom. The van der Waals surface area contributed by atoms with E-state index in [1.165, 1.54) is 19.2 Å². The van der Waals surface area contributed by atoms with E-state index in [1.54, 1.807) is 37.3 Å². The molecule has 0 aromatic heterocycles. The molecule has 1 saturated carbocycles. The molecular formula is C33H33ClF2N2O7S. The van der Waals surface area contributed by atoms with Gasteiger partial charge in [-0.15, -0.1) is 0 Å². The second-order valence-corrected chi connectivity index (χ2v) is 13.6. The highest BCUT2D eigenvalue weighted by Crippen LogP contribution is 2.39. The van der Waals surface area contributed by atoms with Crippen molar-refractivity contribution in [1.82, 2.24) is 5.32 Å². The van der Waals surface area contributed by atoms with Gasteiger partial charge in [-0.25, -0.2) is 17.2 Å². The molecule has 244 valence electrons. The summed E-state index contributed by atoms with van der Waals surface area (Å²) >= 11 is 6.25. The lowest BCUT2D eigenvalue weighted by Gasteiger charge is -2.36. The standard InChI is InChI=1S/C33H33ClF2N2O7S/c1-19(31-25(34)4-3-5-27(31)36)14-20-6-13-29-28(15-20)38(46(42,43)24-11-12-26(35)30(16-24)44-2)18-23(45-29)17-37-32(39)21-7-9-22(10-8-21)33(40)41/h3-6,11-16,21-23H,7-10,17-18H2,1-2H3,(H,37,39)(H,40,41)/b19-14+/t21?,22?,23-/m0/s1. The third kappa shape index (κ3) is 6.97. The first-order valence-electron chi connectivity index (χ1n) is 14.7. The van der Waals surface area contributed by atoms with Crippen molar-refractivity contribution in [3.63, 3.8) is 0 Å². The van der Waals surface area contributed by atoms with Crippen molar-refractivity contribution in [3.8, 4) is 11.5 Å². The fraction of sp³-hybridized carbons (Fsp3) is 0.333. The third-order valence-electron chi connectivity index (χ3n) is 8.32. The second kappa shape index (κ2) is 13.7. The molecule has 0 unspecified atom stereocenters. The first-order valence-corrected chi connectivity index (χ1v) is 16.5. The number of fused-ring (bicyclic) bond motifs is 1. The number of methoxy groups -OCH3 is 1. The first-order chi connectivity index (χ1) is 21.9. The molecule has 46 heavy (non-hydrogen) atoms. The number of hydrogen-bond acceptors (Lipinski definition) is 6. The maximum atomic E-state index is 14.6. The van der Waals surface area contributed by atoms with Gasteiger partial charge in [-0.1, -0.05) is 29.8 Å².